The fourth-order valence-electron chi connectivity index (χ4n) is 2.95. The second kappa shape index (κ2) is 5.59. The first kappa shape index (κ1) is 13.2. The van der Waals surface area contributed by atoms with E-state index in [9.17, 15) is 0 Å². The number of anilines is 2. The summed E-state index contributed by atoms with van der Waals surface area (Å²) in [4.78, 5) is 6.52. The maximum atomic E-state index is 4.45. The predicted octanol–water partition coefficient (Wildman–Crippen LogP) is 3.38. The molecule has 3 heteroatoms. The van der Waals surface area contributed by atoms with Crippen LogP contribution in [-0.2, 0) is 0 Å². The van der Waals surface area contributed by atoms with Gasteiger partial charge in [0.15, 0.2) is 5.82 Å². The van der Waals surface area contributed by atoms with E-state index in [0.717, 1.165) is 23.3 Å². The third kappa shape index (κ3) is 2.95. The normalized spacial score (nSPS) is 27.9. The van der Waals surface area contributed by atoms with E-state index < -0.39 is 0 Å². The molecular weight excluding hydrogens is 222 g/mol. The van der Waals surface area contributed by atoms with Crippen molar-refractivity contribution >= 4 is 11.5 Å². The fourth-order valence-corrected chi connectivity index (χ4v) is 2.95. The molecule has 1 aliphatic carbocycles. The van der Waals surface area contributed by atoms with Crippen LogP contribution in [0.1, 0.15) is 33.1 Å². The van der Waals surface area contributed by atoms with Gasteiger partial charge in [0.1, 0.15) is 0 Å². The molecule has 1 N–H and O–H groups in total. The molecule has 0 amide bonds. The van der Waals surface area contributed by atoms with Crippen LogP contribution >= 0.6 is 0 Å². The van der Waals surface area contributed by atoms with Gasteiger partial charge in [-0.3, -0.25) is 0 Å². The SMILES string of the molecule is CC1CCC(Nc2cccnc2N(C)C)C(C)C1. The van der Waals surface area contributed by atoms with E-state index in [1.54, 1.807) is 0 Å². The Hall–Kier alpha value is -1.25. The lowest BCUT2D eigenvalue weighted by atomic mass is 9.80. The highest BCUT2D eigenvalue weighted by atomic mass is 15.2. The van der Waals surface area contributed by atoms with Crippen molar-refractivity contribution in [2.24, 2.45) is 11.8 Å². The van der Waals surface area contributed by atoms with Crippen molar-refractivity contribution in [1.82, 2.24) is 4.98 Å². The highest BCUT2D eigenvalue weighted by Gasteiger charge is 2.25. The maximum absolute atomic E-state index is 4.45. The Balaban J connectivity index is 2.09. The number of hydrogen-bond donors (Lipinski definition) is 1. The van der Waals surface area contributed by atoms with Crippen molar-refractivity contribution in [2.45, 2.75) is 39.2 Å². The summed E-state index contributed by atoms with van der Waals surface area (Å²) in [7, 11) is 4.08. The zero-order valence-corrected chi connectivity index (χ0v) is 12.0. The van der Waals surface area contributed by atoms with Gasteiger partial charge in [-0.05, 0) is 43.2 Å². The fraction of sp³-hybridized carbons (Fsp3) is 0.667. The Labute approximate surface area is 111 Å². The molecule has 1 aromatic rings. The molecule has 0 saturated heterocycles. The number of nitrogens with one attached hydrogen (secondary N) is 1. The van der Waals surface area contributed by atoms with E-state index in [1.165, 1.54) is 19.3 Å². The third-order valence-electron chi connectivity index (χ3n) is 3.98. The first-order valence-electron chi connectivity index (χ1n) is 6.96. The van der Waals surface area contributed by atoms with Crippen LogP contribution in [0.2, 0.25) is 0 Å². The lowest BCUT2D eigenvalue weighted by Crippen LogP contribution is -2.33. The topological polar surface area (TPSA) is 28.2 Å². The van der Waals surface area contributed by atoms with Crippen LogP contribution in [0.15, 0.2) is 18.3 Å². The summed E-state index contributed by atoms with van der Waals surface area (Å²) >= 11 is 0. The van der Waals surface area contributed by atoms with Crippen molar-refractivity contribution in [3.63, 3.8) is 0 Å². The standard InChI is InChI=1S/C15H25N3/c1-11-7-8-13(12(2)10-11)17-14-6-5-9-16-15(14)18(3)4/h5-6,9,11-13,17H,7-8,10H2,1-4H3. The molecular formula is C15H25N3. The monoisotopic (exact) mass is 247 g/mol. The summed E-state index contributed by atoms with van der Waals surface area (Å²) in [5.74, 6) is 2.65. The Morgan fingerprint density at radius 1 is 1.28 bits per heavy atom. The maximum Gasteiger partial charge on any atom is 0.151 e. The first-order chi connectivity index (χ1) is 8.58. The molecule has 2 rings (SSSR count). The van der Waals surface area contributed by atoms with Crippen molar-refractivity contribution in [1.29, 1.82) is 0 Å². The number of pyridine rings is 1. The molecule has 3 unspecified atom stereocenters. The predicted molar refractivity (Wildman–Crippen MR) is 78.2 cm³/mol. The number of nitrogens with zero attached hydrogens (tertiary/aromatic N) is 2. The lowest BCUT2D eigenvalue weighted by Gasteiger charge is -2.34. The van der Waals surface area contributed by atoms with Crippen LogP contribution in [0, 0.1) is 11.8 Å². The summed E-state index contributed by atoms with van der Waals surface area (Å²) in [5.41, 5.74) is 1.16. The second-order valence-electron chi connectivity index (χ2n) is 5.92. The van der Waals surface area contributed by atoms with E-state index in [2.05, 4.69) is 35.1 Å². The van der Waals surface area contributed by atoms with E-state index in [1.807, 2.05) is 26.4 Å². The van der Waals surface area contributed by atoms with Crippen LogP contribution in [0.5, 0.6) is 0 Å². The van der Waals surface area contributed by atoms with E-state index in [0.29, 0.717) is 6.04 Å². The van der Waals surface area contributed by atoms with Gasteiger partial charge < -0.3 is 10.2 Å². The Bertz CT molecular complexity index is 389. The molecule has 1 aliphatic rings. The minimum absolute atomic E-state index is 0.587. The van der Waals surface area contributed by atoms with Gasteiger partial charge in [-0.25, -0.2) is 4.98 Å². The largest absolute Gasteiger partial charge is 0.379 e. The smallest absolute Gasteiger partial charge is 0.151 e. The van der Waals surface area contributed by atoms with Crippen LogP contribution in [0.25, 0.3) is 0 Å². The average molecular weight is 247 g/mol. The molecule has 1 fully saturated rings. The number of aromatic nitrogens is 1. The van der Waals surface area contributed by atoms with Crippen LogP contribution < -0.4 is 10.2 Å². The minimum atomic E-state index is 0.587. The minimum Gasteiger partial charge on any atom is -0.379 e. The molecule has 100 valence electrons. The van der Waals surface area contributed by atoms with Crippen LogP contribution in [0.3, 0.4) is 0 Å². The number of rotatable bonds is 3. The quantitative estimate of drug-likeness (QED) is 0.887. The summed E-state index contributed by atoms with van der Waals surface area (Å²) < 4.78 is 0. The second-order valence-corrected chi connectivity index (χ2v) is 5.92. The van der Waals surface area contributed by atoms with Gasteiger partial charge in [0.25, 0.3) is 0 Å². The lowest BCUT2D eigenvalue weighted by molar-refractivity contribution is 0.276. The van der Waals surface area contributed by atoms with Crippen molar-refractivity contribution in [3.05, 3.63) is 18.3 Å². The molecule has 1 saturated carbocycles. The van der Waals surface area contributed by atoms with Crippen molar-refractivity contribution < 1.29 is 0 Å². The molecule has 0 radical (unpaired) electrons. The highest BCUT2D eigenvalue weighted by molar-refractivity contribution is 5.65. The molecule has 1 aromatic heterocycles. The van der Waals surface area contributed by atoms with Crippen molar-refractivity contribution in [3.8, 4) is 0 Å². The van der Waals surface area contributed by atoms with Crippen LogP contribution in [-0.4, -0.2) is 25.1 Å². The van der Waals surface area contributed by atoms with Crippen LogP contribution in [0.4, 0.5) is 11.5 Å². The van der Waals surface area contributed by atoms with Gasteiger partial charge >= 0.3 is 0 Å². The molecule has 3 nitrogen and oxygen atoms in total. The van der Waals surface area contributed by atoms with Gasteiger partial charge in [0.05, 0.1) is 5.69 Å². The molecule has 0 bridgehead atoms. The number of hydrogen-bond acceptors (Lipinski definition) is 3. The summed E-state index contributed by atoms with van der Waals surface area (Å²) in [5, 5.41) is 3.70. The van der Waals surface area contributed by atoms with E-state index in [-0.39, 0.29) is 0 Å². The molecule has 0 aromatic carbocycles. The Kier molecular flexibility index (Phi) is 4.10. The van der Waals surface area contributed by atoms with Gasteiger partial charge in [-0.1, -0.05) is 13.8 Å². The third-order valence-corrected chi connectivity index (χ3v) is 3.98. The van der Waals surface area contributed by atoms with E-state index in [4.69, 9.17) is 0 Å². The zero-order chi connectivity index (χ0) is 13.1. The molecule has 1 heterocycles. The summed E-state index contributed by atoms with van der Waals surface area (Å²) in [6.45, 7) is 4.72. The molecule has 0 spiro atoms. The van der Waals surface area contributed by atoms with Crippen molar-refractivity contribution in [2.75, 3.05) is 24.3 Å². The Morgan fingerprint density at radius 2 is 2.06 bits per heavy atom. The Morgan fingerprint density at radius 3 is 2.72 bits per heavy atom. The average Bonchev–Trinajstić information content (AvgIpc) is 2.33. The van der Waals surface area contributed by atoms with Gasteiger partial charge in [0, 0.05) is 26.3 Å². The first-order valence-corrected chi connectivity index (χ1v) is 6.96. The zero-order valence-electron chi connectivity index (χ0n) is 12.0. The summed E-state index contributed by atoms with van der Waals surface area (Å²) in [6.07, 6.45) is 5.78. The van der Waals surface area contributed by atoms with E-state index >= 15 is 0 Å². The van der Waals surface area contributed by atoms with Gasteiger partial charge in [-0.15, -0.1) is 0 Å². The van der Waals surface area contributed by atoms with Gasteiger partial charge in [-0.2, -0.15) is 0 Å². The summed E-state index contributed by atoms with van der Waals surface area (Å²) in [6, 6.07) is 4.72. The molecule has 18 heavy (non-hydrogen) atoms. The highest BCUT2D eigenvalue weighted by Crippen LogP contribution is 2.32. The molecule has 0 aliphatic heterocycles. The van der Waals surface area contributed by atoms with Gasteiger partial charge in [0.2, 0.25) is 0 Å². The molecule has 3 atom stereocenters.